The summed E-state index contributed by atoms with van der Waals surface area (Å²) < 4.78 is 15.4. The van der Waals surface area contributed by atoms with Gasteiger partial charge in [0.15, 0.2) is 0 Å². The largest absolute Gasteiger partial charge is 0.387 e. The zero-order valence-electron chi connectivity index (χ0n) is 13.3. The molecule has 128 valence electrons. The van der Waals surface area contributed by atoms with Crippen molar-refractivity contribution < 1.29 is 14.3 Å². The summed E-state index contributed by atoms with van der Waals surface area (Å²) in [5, 5.41) is 14.2. The van der Waals surface area contributed by atoms with Gasteiger partial charge in [0, 0.05) is 13.1 Å². The van der Waals surface area contributed by atoms with E-state index in [9.17, 15) is 19.1 Å². The molecule has 0 spiro atoms. The van der Waals surface area contributed by atoms with E-state index in [1.54, 1.807) is 11.9 Å². The Hall–Kier alpha value is -2.48. The Bertz CT molecular complexity index is 779. The molecule has 1 fully saturated rings. The van der Waals surface area contributed by atoms with E-state index in [2.05, 4.69) is 5.10 Å². The number of hydrogen-bond acceptors (Lipinski definition) is 4. The highest BCUT2D eigenvalue weighted by molar-refractivity contribution is 5.76. The van der Waals surface area contributed by atoms with E-state index >= 15 is 0 Å². The predicted octanol–water partition coefficient (Wildman–Crippen LogP) is 0.445. The minimum absolute atomic E-state index is 0.0759. The molecule has 1 saturated carbocycles. The quantitative estimate of drug-likeness (QED) is 0.831. The van der Waals surface area contributed by atoms with Crippen LogP contribution in [0.15, 0.2) is 35.4 Å². The van der Waals surface area contributed by atoms with E-state index in [-0.39, 0.29) is 36.5 Å². The second kappa shape index (κ2) is 6.56. The van der Waals surface area contributed by atoms with E-state index in [0.717, 1.165) is 17.5 Å². The van der Waals surface area contributed by atoms with Crippen LogP contribution in [-0.2, 0) is 18.4 Å². The Morgan fingerprint density at radius 2 is 2.08 bits per heavy atom. The van der Waals surface area contributed by atoms with Crippen molar-refractivity contribution >= 4 is 5.91 Å². The summed E-state index contributed by atoms with van der Waals surface area (Å²) in [4.78, 5) is 25.9. The van der Waals surface area contributed by atoms with Gasteiger partial charge in [0.05, 0.1) is 12.6 Å². The predicted molar refractivity (Wildman–Crippen MR) is 83.6 cm³/mol. The average Bonchev–Trinajstić information content (AvgIpc) is 3.35. The highest BCUT2D eigenvalue weighted by Crippen LogP contribution is 2.29. The first-order valence-electron chi connectivity index (χ1n) is 7.77. The van der Waals surface area contributed by atoms with E-state index in [1.165, 1.54) is 35.2 Å². The van der Waals surface area contributed by atoms with Crippen LogP contribution in [0.5, 0.6) is 0 Å². The fourth-order valence-corrected chi connectivity index (χ4v) is 2.57. The van der Waals surface area contributed by atoms with Crippen molar-refractivity contribution in [3.05, 3.63) is 52.5 Å². The number of aromatic nitrogens is 3. The molecule has 7 nitrogen and oxygen atoms in total. The lowest BCUT2D eigenvalue weighted by atomic mass is 10.1. The third kappa shape index (κ3) is 3.53. The van der Waals surface area contributed by atoms with Crippen LogP contribution in [0.4, 0.5) is 4.39 Å². The number of aryl methyl sites for hydroxylation is 1. The molecule has 1 amide bonds. The lowest BCUT2D eigenvalue weighted by molar-refractivity contribution is -0.134. The van der Waals surface area contributed by atoms with Crippen LogP contribution >= 0.6 is 0 Å². The minimum Gasteiger partial charge on any atom is -0.387 e. The molecule has 3 rings (SSSR count). The molecule has 1 aromatic heterocycles. The Balaban J connectivity index is 1.70. The summed E-state index contributed by atoms with van der Waals surface area (Å²) in [6, 6.07) is 5.62. The first-order chi connectivity index (χ1) is 11.5. The molecular formula is C16H19FN4O3. The standard InChI is InChI=1S/C16H19FN4O3/c1-19-10-18-21(16(19)24)9-15(23)20(13-6-7-13)8-14(22)11-2-4-12(17)5-3-11/h2-5,10,13-14,22H,6-9H2,1H3. The van der Waals surface area contributed by atoms with Crippen molar-refractivity contribution in [2.24, 2.45) is 7.05 Å². The zero-order valence-corrected chi connectivity index (χ0v) is 13.3. The monoisotopic (exact) mass is 334 g/mol. The highest BCUT2D eigenvalue weighted by Gasteiger charge is 2.34. The van der Waals surface area contributed by atoms with Crippen LogP contribution in [0.3, 0.4) is 0 Å². The molecular weight excluding hydrogens is 315 g/mol. The number of nitrogens with zero attached hydrogens (tertiary/aromatic N) is 4. The Labute approximate surface area is 137 Å². The van der Waals surface area contributed by atoms with Gasteiger partial charge >= 0.3 is 5.69 Å². The molecule has 1 aromatic carbocycles. The summed E-state index contributed by atoms with van der Waals surface area (Å²) in [7, 11) is 1.56. The molecule has 1 heterocycles. The fourth-order valence-electron chi connectivity index (χ4n) is 2.57. The number of benzene rings is 1. The van der Waals surface area contributed by atoms with Gasteiger partial charge in [-0.2, -0.15) is 5.10 Å². The second-order valence-corrected chi connectivity index (χ2v) is 6.03. The van der Waals surface area contributed by atoms with E-state index in [0.29, 0.717) is 5.56 Å². The number of halogens is 1. The lowest BCUT2D eigenvalue weighted by Gasteiger charge is -2.25. The minimum atomic E-state index is -0.907. The molecule has 1 N–H and O–H groups in total. The van der Waals surface area contributed by atoms with E-state index in [1.807, 2.05) is 0 Å². The second-order valence-electron chi connectivity index (χ2n) is 6.03. The van der Waals surface area contributed by atoms with Gasteiger partial charge in [-0.15, -0.1) is 0 Å². The average molecular weight is 334 g/mol. The molecule has 8 heteroatoms. The van der Waals surface area contributed by atoms with E-state index < -0.39 is 6.10 Å². The number of carbonyl (C=O) groups excluding carboxylic acids is 1. The van der Waals surface area contributed by atoms with Crippen LogP contribution in [0.25, 0.3) is 0 Å². The van der Waals surface area contributed by atoms with Gasteiger partial charge in [0.25, 0.3) is 0 Å². The van der Waals surface area contributed by atoms with Crippen molar-refractivity contribution in [3.8, 4) is 0 Å². The number of aliphatic hydroxyl groups is 1. The summed E-state index contributed by atoms with van der Waals surface area (Å²) in [6.07, 6.45) is 2.19. The van der Waals surface area contributed by atoms with Crippen molar-refractivity contribution in [1.29, 1.82) is 0 Å². The third-order valence-electron chi connectivity index (χ3n) is 4.10. The maximum absolute atomic E-state index is 13.0. The van der Waals surface area contributed by atoms with Gasteiger partial charge in [0.2, 0.25) is 5.91 Å². The SMILES string of the molecule is Cn1cnn(CC(=O)N(CC(O)c2ccc(F)cc2)C2CC2)c1=O. The lowest BCUT2D eigenvalue weighted by Crippen LogP contribution is -2.40. The van der Waals surface area contributed by atoms with Crippen molar-refractivity contribution in [3.63, 3.8) is 0 Å². The summed E-state index contributed by atoms with van der Waals surface area (Å²) in [5.41, 5.74) is 0.183. The molecule has 1 aliphatic carbocycles. The van der Waals surface area contributed by atoms with Gasteiger partial charge < -0.3 is 10.0 Å². The third-order valence-corrected chi connectivity index (χ3v) is 4.10. The van der Waals surface area contributed by atoms with Gasteiger partial charge in [-0.1, -0.05) is 12.1 Å². The van der Waals surface area contributed by atoms with E-state index in [4.69, 9.17) is 0 Å². The molecule has 1 atom stereocenters. The normalized spacial score (nSPS) is 15.3. The maximum Gasteiger partial charge on any atom is 0.345 e. The van der Waals surface area contributed by atoms with Crippen LogP contribution in [-0.4, -0.2) is 42.8 Å². The number of carbonyl (C=O) groups is 1. The number of hydrogen-bond donors (Lipinski definition) is 1. The van der Waals surface area contributed by atoms with Crippen molar-refractivity contribution in [2.75, 3.05) is 6.54 Å². The Morgan fingerprint density at radius 3 is 2.62 bits per heavy atom. The van der Waals surface area contributed by atoms with Crippen LogP contribution in [0.2, 0.25) is 0 Å². The molecule has 0 saturated heterocycles. The fraction of sp³-hybridized carbons (Fsp3) is 0.438. The first-order valence-corrected chi connectivity index (χ1v) is 7.77. The van der Waals surface area contributed by atoms with Gasteiger partial charge in [-0.25, -0.2) is 13.9 Å². The Kier molecular flexibility index (Phi) is 4.48. The molecule has 24 heavy (non-hydrogen) atoms. The molecule has 0 bridgehead atoms. The summed E-state index contributed by atoms with van der Waals surface area (Å²) in [6.45, 7) is -0.0526. The van der Waals surface area contributed by atoms with Crippen LogP contribution < -0.4 is 5.69 Å². The van der Waals surface area contributed by atoms with Gasteiger partial charge in [-0.3, -0.25) is 9.36 Å². The smallest absolute Gasteiger partial charge is 0.345 e. The first kappa shape index (κ1) is 16.4. The van der Waals surface area contributed by atoms with Crippen molar-refractivity contribution in [1.82, 2.24) is 19.2 Å². The Morgan fingerprint density at radius 1 is 1.42 bits per heavy atom. The molecule has 2 aromatic rings. The highest BCUT2D eigenvalue weighted by atomic mass is 19.1. The molecule has 1 aliphatic rings. The molecule has 0 radical (unpaired) electrons. The number of aliphatic hydroxyl groups excluding tert-OH is 1. The molecule has 0 aliphatic heterocycles. The van der Waals surface area contributed by atoms with Crippen LogP contribution in [0.1, 0.15) is 24.5 Å². The maximum atomic E-state index is 13.0. The van der Waals surface area contributed by atoms with Gasteiger partial charge in [-0.05, 0) is 30.5 Å². The molecule has 1 unspecified atom stereocenters. The van der Waals surface area contributed by atoms with Crippen molar-refractivity contribution in [2.45, 2.75) is 31.5 Å². The zero-order chi connectivity index (χ0) is 17.3. The van der Waals surface area contributed by atoms with Gasteiger partial charge in [0.1, 0.15) is 18.7 Å². The van der Waals surface area contributed by atoms with Crippen LogP contribution in [0, 0.1) is 5.82 Å². The topological polar surface area (TPSA) is 80.4 Å². The summed E-state index contributed by atoms with van der Waals surface area (Å²) in [5.74, 6) is -0.643. The number of amides is 1. The number of rotatable bonds is 6. The summed E-state index contributed by atoms with van der Waals surface area (Å²) >= 11 is 0.